The summed E-state index contributed by atoms with van der Waals surface area (Å²) >= 11 is 0. The Labute approximate surface area is 119 Å². The van der Waals surface area contributed by atoms with Gasteiger partial charge in [-0.15, -0.1) is 0 Å². The van der Waals surface area contributed by atoms with Crippen molar-refractivity contribution in [3.8, 4) is 0 Å². The topological polar surface area (TPSA) is 55.1 Å². The Morgan fingerprint density at radius 3 is 2.65 bits per heavy atom. The summed E-state index contributed by atoms with van der Waals surface area (Å²) < 4.78 is 13.2. The van der Waals surface area contributed by atoms with E-state index in [0.717, 1.165) is 12.8 Å². The molecule has 1 fully saturated rings. The molecule has 110 valence electrons. The van der Waals surface area contributed by atoms with Crippen LogP contribution in [0.5, 0.6) is 0 Å². The molecule has 0 radical (unpaired) electrons. The van der Waals surface area contributed by atoms with Gasteiger partial charge in [-0.1, -0.05) is 19.3 Å². The van der Waals surface area contributed by atoms with E-state index in [2.05, 4.69) is 5.32 Å². The Kier molecular flexibility index (Phi) is 4.76. The minimum absolute atomic E-state index is 0.0446. The summed E-state index contributed by atoms with van der Waals surface area (Å²) in [6, 6.07) is 4.44. The summed E-state index contributed by atoms with van der Waals surface area (Å²) in [6.45, 7) is 2.88. The largest absolute Gasteiger partial charge is 0.351 e. The first-order valence-electron chi connectivity index (χ1n) is 7.31. The Morgan fingerprint density at radius 2 is 2.05 bits per heavy atom. The molecule has 0 atom stereocenters. The van der Waals surface area contributed by atoms with Gasteiger partial charge in [-0.05, 0) is 55.5 Å². The first kappa shape index (κ1) is 15.0. The van der Waals surface area contributed by atoms with Crippen LogP contribution < -0.4 is 11.1 Å². The SMILES string of the molecule is Cc1cc(C(=O)NCC2(CN)CCCCC2)ccc1F. The maximum absolute atomic E-state index is 13.2. The lowest BCUT2D eigenvalue weighted by atomic mass is 9.74. The Hall–Kier alpha value is -1.42. The standard InChI is InChI=1S/C16H23FN2O/c1-12-9-13(5-6-14(12)17)15(20)19-11-16(10-18)7-3-2-4-8-16/h5-6,9H,2-4,7-8,10-11,18H2,1H3,(H,19,20). The van der Waals surface area contributed by atoms with E-state index in [9.17, 15) is 9.18 Å². The predicted octanol–water partition coefficient (Wildman–Crippen LogP) is 2.77. The lowest BCUT2D eigenvalue weighted by Crippen LogP contribution is -2.43. The van der Waals surface area contributed by atoms with Crippen LogP contribution in [0.4, 0.5) is 4.39 Å². The maximum Gasteiger partial charge on any atom is 0.251 e. The van der Waals surface area contributed by atoms with E-state index in [1.165, 1.54) is 31.4 Å². The number of rotatable bonds is 4. The van der Waals surface area contributed by atoms with Gasteiger partial charge < -0.3 is 11.1 Å². The van der Waals surface area contributed by atoms with Gasteiger partial charge in [0.25, 0.3) is 5.91 Å². The number of carbonyl (C=O) groups excluding carboxylic acids is 1. The van der Waals surface area contributed by atoms with Crippen molar-refractivity contribution in [2.45, 2.75) is 39.0 Å². The van der Waals surface area contributed by atoms with Crippen LogP contribution in [0.25, 0.3) is 0 Å². The van der Waals surface area contributed by atoms with Crippen molar-refractivity contribution in [3.63, 3.8) is 0 Å². The average molecular weight is 278 g/mol. The van der Waals surface area contributed by atoms with E-state index in [1.807, 2.05) is 0 Å². The van der Waals surface area contributed by atoms with E-state index >= 15 is 0 Å². The van der Waals surface area contributed by atoms with Crippen molar-refractivity contribution < 1.29 is 9.18 Å². The third kappa shape index (κ3) is 3.37. The highest BCUT2D eigenvalue weighted by atomic mass is 19.1. The highest BCUT2D eigenvalue weighted by Crippen LogP contribution is 2.34. The van der Waals surface area contributed by atoms with Crippen molar-refractivity contribution in [1.29, 1.82) is 0 Å². The molecule has 3 nitrogen and oxygen atoms in total. The highest BCUT2D eigenvalue weighted by molar-refractivity contribution is 5.94. The Bertz CT molecular complexity index is 481. The lowest BCUT2D eigenvalue weighted by Gasteiger charge is -2.36. The van der Waals surface area contributed by atoms with E-state index in [0.29, 0.717) is 24.2 Å². The molecule has 0 aromatic heterocycles. The van der Waals surface area contributed by atoms with Gasteiger partial charge in [0.15, 0.2) is 0 Å². The fourth-order valence-corrected chi connectivity index (χ4v) is 2.91. The molecule has 0 heterocycles. The van der Waals surface area contributed by atoms with Crippen LogP contribution in [0.2, 0.25) is 0 Å². The fourth-order valence-electron chi connectivity index (χ4n) is 2.91. The number of halogens is 1. The van der Waals surface area contributed by atoms with Gasteiger partial charge in [-0.25, -0.2) is 4.39 Å². The summed E-state index contributed by atoms with van der Waals surface area (Å²) in [5.41, 5.74) is 6.95. The van der Waals surface area contributed by atoms with Crippen LogP contribution in [-0.4, -0.2) is 19.0 Å². The number of hydrogen-bond acceptors (Lipinski definition) is 2. The van der Waals surface area contributed by atoms with Crippen LogP contribution >= 0.6 is 0 Å². The van der Waals surface area contributed by atoms with Crippen LogP contribution in [0.15, 0.2) is 18.2 Å². The fraction of sp³-hybridized carbons (Fsp3) is 0.562. The van der Waals surface area contributed by atoms with Crippen LogP contribution in [0.3, 0.4) is 0 Å². The molecule has 4 heteroatoms. The second-order valence-electron chi connectivity index (χ2n) is 5.91. The molecule has 0 bridgehead atoms. The van der Waals surface area contributed by atoms with Gasteiger partial charge in [0.05, 0.1) is 0 Å². The first-order chi connectivity index (χ1) is 9.56. The quantitative estimate of drug-likeness (QED) is 0.889. The van der Waals surface area contributed by atoms with Crippen LogP contribution in [0, 0.1) is 18.2 Å². The van der Waals surface area contributed by atoms with Gasteiger partial charge in [0.2, 0.25) is 0 Å². The molecule has 2 rings (SSSR count). The monoisotopic (exact) mass is 278 g/mol. The lowest BCUT2D eigenvalue weighted by molar-refractivity contribution is 0.0914. The zero-order valence-corrected chi connectivity index (χ0v) is 12.0. The molecule has 1 saturated carbocycles. The molecule has 1 aromatic rings. The van der Waals surface area contributed by atoms with Crippen molar-refractivity contribution in [2.24, 2.45) is 11.1 Å². The van der Waals surface area contributed by atoms with Gasteiger partial charge in [-0.2, -0.15) is 0 Å². The highest BCUT2D eigenvalue weighted by Gasteiger charge is 2.31. The molecule has 20 heavy (non-hydrogen) atoms. The minimum atomic E-state index is -0.285. The van der Waals surface area contributed by atoms with E-state index in [-0.39, 0.29) is 17.1 Å². The second-order valence-corrected chi connectivity index (χ2v) is 5.91. The molecule has 0 saturated heterocycles. The summed E-state index contributed by atoms with van der Waals surface area (Å²) in [5, 5.41) is 2.97. The smallest absolute Gasteiger partial charge is 0.251 e. The molecular weight excluding hydrogens is 255 g/mol. The van der Waals surface area contributed by atoms with Crippen LogP contribution in [0.1, 0.15) is 48.0 Å². The van der Waals surface area contributed by atoms with Gasteiger partial charge in [0, 0.05) is 12.1 Å². The Balaban J connectivity index is 1.98. The zero-order chi connectivity index (χ0) is 14.6. The molecule has 0 unspecified atom stereocenters. The number of hydrogen-bond donors (Lipinski definition) is 2. The zero-order valence-electron chi connectivity index (χ0n) is 12.0. The number of benzene rings is 1. The number of amides is 1. The second kappa shape index (κ2) is 6.35. The molecule has 1 aromatic carbocycles. The normalized spacial score (nSPS) is 17.8. The summed E-state index contributed by atoms with van der Waals surface area (Å²) in [6.07, 6.45) is 5.77. The predicted molar refractivity (Wildman–Crippen MR) is 78.0 cm³/mol. The third-order valence-electron chi connectivity index (χ3n) is 4.39. The maximum atomic E-state index is 13.2. The van der Waals surface area contributed by atoms with Gasteiger partial charge in [0.1, 0.15) is 5.82 Å². The van der Waals surface area contributed by atoms with Crippen molar-refractivity contribution in [2.75, 3.05) is 13.1 Å². The molecule has 0 aliphatic heterocycles. The summed E-state index contributed by atoms with van der Waals surface area (Å²) in [5.74, 6) is -0.432. The summed E-state index contributed by atoms with van der Waals surface area (Å²) in [4.78, 5) is 12.1. The van der Waals surface area contributed by atoms with Crippen molar-refractivity contribution >= 4 is 5.91 Å². The minimum Gasteiger partial charge on any atom is -0.351 e. The number of nitrogens with two attached hydrogens (primary N) is 1. The van der Waals surface area contributed by atoms with Crippen molar-refractivity contribution in [3.05, 3.63) is 35.1 Å². The van der Waals surface area contributed by atoms with E-state index < -0.39 is 0 Å². The van der Waals surface area contributed by atoms with Crippen LogP contribution in [-0.2, 0) is 0 Å². The van der Waals surface area contributed by atoms with Crippen molar-refractivity contribution in [1.82, 2.24) is 5.32 Å². The summed E-state index contributed by atoms with van der Waals surface area (Å²) in [7, 11) is 0. The first-order valence-corrected chi connectivity index (χ1v) is 7.31. The average Bonchev–Trinajstić information content (AvgIpc) is 2.48. The molecule has 1 aliphatic carbocycles. The molecule has 1 aliphatic rings. The number of carbonyl (C=O) groups is 1. The molecule has 3 N–H and O–H groups in total. The molecular formula is C16H23FN2O. The molecule has 1 amide bonds. The van der Waals surface area contributed by atoms with E-state index in [1.54, 1.807) is 13.0 Å². The number of aryl methyl sites for hydroxylation is 1. The van der Waals surface area contributed by atoms with E-state index in [4.69, 9.17) is 5.73 Å². The Morgan fingerprint density at radius 1 is 1.35 bits per heavy atom. The number of nitrogens with one attached hydrogen (secondary N) is 1. The van der Waals surface area contributed by atoms with Gasteiger partial charge in [-0.3, -0.25) is 4.79 Å². The third-order valence-corrected chi connectivity index (χ3v) is 4.39. The van der Waals surface area contributed by atoms with Gasteiger partial charge >= 0.3 is 0 Å². The molecule has 0 spiro atoms.